The third-order valence-electron chi connectivity index (χ3n) is 13.0. The van der Waals surface area contributed by atoms with Gasteiger partial charge in [0, 0.05) is 39.0 Å². The monoisotopic (exact) mass is 817 g/mol. The molecular formula is C62H43NO. The first-order chi connectivity index (χ1) is 31.7. The molecule has 0 radical (unpaired) electrons. The van der Waals surface area contributed by atoms with Crippen LogP contribution in [-0.4, -0.2) is 0 Å². The van der Waals surface area contributed by atoms with Gasteiger partial charge in [-0.15, -0.1) is 0 Å². The summed E-state index contributed by atoms with van der Waals surface area (Å²) in [7, 11) is 0. The number of nitrogens with zero attached hydrogens (tertiary/aromatic N) is 1. The fourth-order valence-electron chi connectivity index (χ4n) is 9.93. The van der Waals surface area contributed by atoms with Crippen molar-refractivity contribution in [2.24, 2.45) is 0 Å². The molecule has 0 saturated carbocycles. The molecule has 0 aliphatic heterocycles. The Labute approximate surface area is 372 Å². The number of rotatable bonds is 6. The van der Waals surface area contributed by atoms with Crippen molar-refractivity contribution in [3.63, 3.8) is 0 Å². The molecule has 10 aromatic carbocycles. The van der Waals surface area contributed by atoms with E-state index >= 15 is 0 Å². The van der Waals surface area contributed by atoms with E-state index in [9.17, 15) is 0 Å². The van der Waals surface area contributed by atoms with Crippen molar-refractivity contribution in [2.45, 2.75) is 12.3 Å². The van der Waals surface area contributed by atoms with E-state index in [1.54, 1.807) is 0 Å². The van der Waals surface area contributed by atoms with Gasteiger partial charge in [-0.1, -0.05) is 194 Å². The van der Waals surface area contributed by atoms with Gasteiger partial charge in [0.25, 0.3) is 0 Å². The van der Waals surface area contributed by atoms with Crippen molar-refractivity contribution < 1.29 is 4.42 Å². The van der Waals surface area contributed by atoms with Crippen LogP contribution in [-0.2, 0) is 0 Å². The van der Waals surface area contributed by atoms with E-state index in [-0.39, 0.29) is 5.92 Å². The van der Waals surface area contributed by atoms with E-state index in [0.717, 1.165) is 67.5 Å². The minimum Gasteiger partial charge on any atom is -0.455 e. The van der Waals surface area contributed by atoms with E-state index in [1.165, 1.54) is 48.8 Å². The van der Waals surface area contributed by atoms with Crippen LogP contribution >= 0.6 is 0 Å². The molecular weight excluding hydrogens is 775 g/mol. The quantitative estimate of drug-likeness (QED) is 0.155. The number of benzene rings is 9. The lowest BCUT2D eigenvalue weighted by atomic mass is 9.85. The summed E-state index contributed by atoms with van der Waals surface area (Å²) >= 11 is 0. The molecule has 0 N–H and O–H groups in total. The average Bonchev–Trinajstić information content (AvgIpc) is 3.74. The maximum absolute atomic E-state index is 6.56. The fourth-order valence-corrected chi connectivity index (χ4v) is 9.93. The van der Waals surface area contributed by atoms with Crippen LogP contribution in [0.25, 0.3) is 87.3 Å². The number of hydrogen-bond acceptors (Lipinski definition) is 2. The molecule has 1 aromatic heterocycles. The van der Waals surface area contributed by atoms with Gasteiger partial charge in [-0.3, -0.25) is 0 Å². The predicted molar refractivity (Wildman–Crippen MR) is 272 cm³/mol. The zero-order valence-corrected chi connectivity index (χ0v) is 35.2. The molecule has 0 spiro atoms. The highest BCUT2D eigenvalue weighted by atomic mass is 16.3. The zero-order valence-electron chi connectivity index (χ0n) is 35.2. The Kier molecular flexibility index (Phi) is 9.34. The van der Waals surface area contributed by atoms with Crippen molar-refractivity contribution in [3.05, 3.63) is 254 Å². The Bertz CT molecular complexity index is 3720. The van der Waals surface area contributed by atoms with Crippen LogP contribution < -0.4 is 4.90 Å². The molecule has 0 saturated heterocycles. The Morgan fingerprint density at radius 2 is 1.02 bits per heavy atom. The van der Waals surface area contributed by atoms with Crippen LogP contribution in [0.1, 0.15) is 17.9 Å². The van der Waals surface area contributed by atoms with E-state index < -0.39 is 0 Å². The fraction of sp³-hybridized carbons (Fsp3) is 0.0323. The summed E-state index contributed by atoms with van der Waals surface area (Å²) in [5.74, 6) is 0.238. The Morgan fingerprint density at radius 1 is 0.406 bits per heavy atom. The normalized spacial score (nSPS) is 13.8. The van der Waals surface area contributed by atoms with Gasteiger partial charge in [0.05, 0.1) is 5.69 Å². The predicted octanol–water partition coefficient (Wildman–Crippen LogP) is 17.4. The van der Waals surface area contributed by atoms with E-state index in [2.05, 4.69) is 248 Å². The largest absolute Gasteiger partial charge is 0.455 e. The van der Waals surface area contributed by atoms with Gasteiger partial charge >= 0.3 is 0 Å². The van der Waals surface area contributed by atoms with Gasteiger partial charge in [-0.25, -0.2) is 0 Å². The van der Waals surface area contributed by atoms with Crippen molar-refractivity contribution in [1.82, 2.24) is 0 Å². The lowest BCUT2D eigenvalue weighted by molar-refractivity contribution is 0.672. The van der Waals surface area contributed by atoms with Crippen LogP contribution in [0.3, 0.4) is 0 Å². The van der Waals surface area contributed by atoms with Crippen LogP contribution in [0.4, 0.5) is 11.4 Å². The molecule has 0 amide bonds. The SMILES string of the molecule is C1=CC(c2cc3ccccc3c3ccccc23)CC=C1N(c1ccc(-c2cccccccc3ccccc23)cc1)c1ccccc1-c1ccc2oc3c4ccccc4ccc3c2c1. The molecule has 1 heterocycles. The summed E-state index contributed by atoms with van der Waals surface area (Å²) in [6, 6.07) is 81.0. The number of allylic oxidation sites excluding steroid dienone is 3. The highest BCUT2D eigenvalue weighted by molar-refractivity contribution is 6.16. The maximum Gasteiger partial charge on any atom is 0.143 e. The lowest BCUT2D eigenvalue weighted by Crippen LogP contribution is -2.18. The molecule has 2 nitrogen and oxygen atoms in total. The van der Waals surface area contributed by atoms with Crippen LogP contribution in [0.15, 0.2) is 253 Å². The molecule has 1 unspecified atom stereocenters. The summed E-state index contributed by atoms with van der Waals surface area (Å²) in [5, 5.41) is 12.2. The molecule has 11 aromatic rings. The third kappa shape index (κ3) is 6.60. The van der Waals surface area contributed by atoms with Crippen molar-refractivity contribution in [1.29, 1.82) is 0 Å². The van der Waals surface area contributed by atoms with Crippen LogP contribution in [0.5, 0.6) is 0 Å². The molecule has 64 heavy (non-hydrogen) atoms. The van der Waals surface area contributed by atoms with Gasteiger partial charge < -0.3 is 9.32 Å². The second-order valence-electron chi connectivity index (χ2n) is 16.7. The molecule has 302 valence electrons. The number of para-hydroxylation sites is 1. The summed E-state index contributed by atoms with van der Waals surface area (Å²) in [4.78, 5) is 2.44. The molecule has 0 bridgehead atoms. The first kappa shape index (κ1) is 37.6. The number of furan rings is 1. The van der Waals surface area contributed by atoms with Gasteiger partial charge in [-0.2, -0.15) is 0 Å². The Balaban J connectivity index is 0.996. The summed E-state index contributed by atoms with van der Waals surface area (Å²) < 4.78 is 6.56. The average molecular weight is 818 g/mol. The van der Waals surface area contributed by atoms with Crippen molar-refractivity contribution in [3.8, 4) is 22.3 Å². The highest BCUT2D eigenvalue weighted by Crippen LogP contribution is 2.44. The Hall–Kier alpha value is -8.20. The van der Waals surface area contributed by atoms with Crippen LogP contribution in [0.2, 0.25) is 0 Å². The first-order valence-electron chi connectivity index (χ1n) is 22.2. The van der Waals surface area contributed by atoms with Gasteiger partial charge in [0.1, 0.15) is 11.2 Å². The molecule has 12 rings (SSSR count). The van der Waals surface area contributed by atoms with Crippen molar-refractivity contribution in [2.75, 3.05) is 4.90 Å². The smallest absolute Gasteiger partial charge is 0.143 e. The van der Waals surface area contributed by atoms with Crippen LogP contribution in [0, 0.1) is 0 Å². The highest BCUT2D eigenvalue weighted by Gasteiger charge is 2.23. The topological polar surface area (TPSA) is 16.4 Å². The number of anilines is 2. The molecule has 0 fully saturated rings. The third-order valence-corrected chi connectivity index (χ3v) is 13.0. The lowest BCUT2D eigenvalue weighted by Gasteiger charge is -2.31. The van der Waals surface area contributed by atoms with E-state index in [1.807, 2.05) is 0 Å². The van der Waals surface area contributed by atoms with E-state index in [0.29, 0.717) is 0 Å². The van der Waals surface area contributed by atoms with Gasteiger partial charge in [-0.05, 0) is 115 Å². The number of hydrogen-bond donors (Lipinski definition) is 0. The standard InChI is InChI=1S/C62H43NO/c1-2-4-16-42-17-6-9-21-50(42)51(20-5-3-1)44-28-34-48(35-29-44)63(49-36-30-45(31-37-49)58-40-46-19-8-10-22-52(46)55-25-12-13-26-56(55)58)60-27-15-14-23-53(60)47-33-39-61-59(41-47)57-38-32-43-18-7-11-24-54(43)62(57)64-61/h1-30,32-41,45H,31H2. The molecule has 1 aliphatic carbocycles. The second-order valence-corrected chi connectivity index (χ2v) is 16.7. The minimum atomic E-state index is 0.238. The summed E-state index contributed by atoms with van der Waals surface area (Å²) in [6.45, 7) is 0. The van der Waals surface area contributed by atoms with Gasteiger partial charge in [0.2, 0.25) is 0 Å². The molecule has 1 aliphatic rings. The number of fused-ring (bicyclic) bond motifs is 9. The Morgan fingerprint density at radius 3 is 1.81 bits per heavy atom. The van der Waals surface area contributed by atoms with Gasteiger partial charge in [0.15, 0.2) is 0 Å². The summed E-state index contributed by atoms with van der Waals surface area (Å²) in [5.41, 5.74) is 11.2. The maximum atomic E-state index is 6.56. The molecule has 1 atom stereocenters. The van der Waals surface area contributed by atoms with E-state index in [4.69, 9.17) is 4.42 Å². The first-order valence-corrected chi connectivity index (χ1v) is 22.2. The minimum absolute atomic E-state index is 0.238. The zero-order chi connectivity index (χ0) is 42.4. The summed E-state index contributed by atoms with van der Waals surface area (Å²) in [6.07, 6.45) is 8.07. The van der Waals surface area contributed by atoms with Crippen molar-refractivity contribution >= 4 is 76.4 Å². The second kappa shape index (κ2) is 15.9. The molecule has 2 heteroatoms.